The number of Topliss-reactive ketones (excluding diaryl/α,β-unsaturated/α-hetero) is 1. The number of carbonyl (C=O) groups is 2. The molecule has 35 heavy (non-hydrogen) atoms. The quantitative estimate of drug-likeness (QED) is 0.585. The third-order valence-electron chi connectivity index (χ3n) is 6.47. The van der Waals surface area contributed by atoms with Crippen LogP contribution >= 0.6 is 0 Å². The van der Waals surface area contributed by atoms with Crippen LogP contribution in [0.25, 0.3) is 0 Å². The minimum absolute atomic E-state index is 0.0595. The standard InChI is InChI=1S/C28H30FNO5/c1-16-24(27(32)34-5)25(26-20(30-16)13-28(2,3)14-21(26)31)18-9-10-22(23(12-18)33-4)35-15-17-7-6-8-19(29)11-17/h6-13,25-26,30H,14-15H2,1-5H3. The highest BCUT2D eigenvalue weighted by atomic mass is 19.1. The maximum Gasteiger partial charge on any atom is 0.336 e. The van der Waals surface area contributed by atoms with Gasteiger partial charge in [0.2, 0.25) is 0 Å². The lowest BCUT2D eigenvalue weighted by Crippen LogP contribution is -2.43. The van der Waals surface area contributed by atoms with Crippen LogP contribution in [-0.4, -0.2) is 26.0 Å². The lowest BCUT2D eigenvalue weighted by atomic mass is 9.66. The van der Waals surface area contributed by atoms with Gasteiger partial charge in [0.25, 0.3) is 0 Å². The number of carbonyl (C=O) groups excluding carboxylic acids is 2. The maximum atomic E-state index is 13.5. The monoisotopic (exact) mass is 479 g/mol. The number of methoxy groups -OCH3 is 2. The van der Waals surface area contributed by atoms with Crippen LogP contribution in [0, 0.1) is 17.2 Å². The molecule has 0 spiro atoms. The normalized spacial score (nSPS) is 21.0. The first-order valence-electron chi connectivity index (χ1n) is 11.5. The van der Waals surface area contributed by atoms with Crippen LogP contribution < -0.4 is 14.8 Å². The molecule has 1 heterocycles. The summed E-state index contributed by atoms with van der Waals surface area (Å²) in [7, 11) is 2.86. The number of ketones is 1. The molecule has 4 rings (SSSR count). The van der Waals surface area contributed by atoms with Gasteiger partial charge in [-0.05, 0) is 47.7 Å². The molecule has 184 valence electrons. The van der Waals surface area contributed by atoms with Crippen LogP contribution in [0.5, 0.6) is 11.5 Å². The van der Waals surface area contributed by atoms with E-state index in [2.05, 4.69) is 11.4 Å². The van der Waals surface area contributed by atoms with Gasteiger partial charge in [0, 0.05) is 23.7 Å². The lowest BCUT2D eigenvalue weighted by molar-refractivity contribution is -0.136. The van der Waals surface area contributed by atoms with Crippen molar-refractivity contribution < 1.29 is 28.2 Å². The zero-order valence-corrected chi connectivity index (χ0v) is 20.6. The maximum absolute atomic E-state index is 13.5. The third-order valence-corrected chi connectivity index (χ3v) is 6.47. The van der Waals surface area contributed by atoms with Gasteiger partial charge in [-0.2, -0.15) is 0 Å². The number of ether oxygens (including phenoxy) is 3. The van der Waals surface area contributed by atoms with Crippen molar-refractivity contribution >= 4 is 11.8 Å². The molecule has 0 fully saturated rings. The van der Waals surface area contributed by atoms with E-state index >= 15 is 0 Å². The van der Waals surface area contributed by atoms with E-state index in [1.54, 1.807) is 24.3 Å². The van der Waals surface area contributed by atoms with Crippen LogP contribution in [-0.2, 0) is 20.9 Å². The Morgan fingerprint density at radius 2 is 1.89 bits per heavy atom. The van der Waals surface area contributed by atoms with Crippen molar-refractivity contribution in [3.05, 3.63) is 82.5 Å². The minimum Gasteiger partial charge on any atom is -0.493 e. The molecule has 1 aliphatic heterocycles. The summed E-state index contributed by atoms with van der Waals surface area (Å²) in [5.74, 6) is -0.906. The van der Waals surface area contributed by atoms with Gasteiger partial charge in [-0.3, -0.25) is 4.79 Å². The van der Waals surface area contributed by atoms with E-state index in [1.807, 2.05) is 26.8 Å². The lowest BCUT2D eigenvalue weighted by Gasteiger charge is -2.41. The number of benzene rings is 2. The fourth-order valence-electron chi connectivity index (χ4n) is 4.99. The topological polar surface area (TPSA) is 73.9 Å². The smallest absolute Gasteiger partial charge is 0.336 e. The van der Waals surface area contributed by atoms with Gasteiger partial charge in [-0.1, -0.05) is 38.1 Å². The van der Waals surface area contributed by atoms with Gasteiger partial charge in [0.1, 0.15) is 18.2 Å². The van der Waals surface area contributed by atoms with Gasteiger partial charge in [0.05, 0.1) is 25.7 Å². The first kappa shape index (κ1) is 24.5. The summed E-state index contributed by atoms with van der Waals surface area (Å²) in [5.41, 5.74) is 3.01. The Balaban J connectivity index is 1.74. The Bertz CT molecular complexity index is 1230. The Morgan fingerprint density at radius 3 is 2.57 bits per heavy atom. The SMILES string of the molecule is COC(=O)C1=C(C)NC2=CC(C)(C)CC(=O)C2C1c1ccc(OCc2cccc(F)c2)c(OC)c1. The molecule has 2 aliphatic rings. The fraction of sp³-hybridized carbons (Fsp3) is 0.357. The van der Waals surface area contributed by atoms with E-state index in [0.717, 1.165) is 11.3 Å². The number of halogens is 1. The molecule has 0 saturated carbocycles. The largest absolute Gasteiger partial charge is 0.493 e. The first-order chi connectivity index (χ1) is 16.6. The number of hydrogen-bond donors (Lipinski definition) is 1. The molecule has 2 aromatic rings. The summed E-state index contributed by atoms with van der Waals surface area (Å²) in [6.45, 7) is 6.02. The van der Waals surface area contributed by atoms with Gasteiger partial charge >= 0.3 is 5.97 Å². The van der Waals surface area contributed by atoms with Crippen LogP contribution in [0.1, 0.15) is 44.2 Å². The van der Waals surface area contributed by atoms with Crippen LogP contribution in [0.3, 0.4) is 0 Å². The Labute approximate surface area is 204 Å². The highest BCUT2D eigenvalue weighted by Crippen LogP contribution is 2.48. The number of fused-ring (bicyclic) bond motifs is 1. The number of hydrogen-bond acceptors (Lipinski definition) is 6. The fourth-order valence-corrected chi connectivity index (χ4v) is 4.99. The summed E-state index contributed by atoms with van der Waals surface area (Å²) >= 11 is 0. The molecule has 7 heteroatoms. The van der Waals surface area contributed by atoms with E-state index < -0.39 is 17.8 Å². The number of rotatable bonds is 6. The Kier molecular flexibility index (Phi) is 6.70. The van der Waals surface area contributed by atoms with E-state index in [0.29, 0.717) is 34.8 Å². The summed E-state index contributed by atoms with van der Waals surface area (Å²) < 4.78 is 30.1. The zero-order valence-electron chi connectivity index (χ0n) is 20.6. The Morgan fingerprint density at radius 1 is 1.11 bits per heavy atom. The second kappa shape index (κ2) is 9.56. The highest BCUT2D eigenvalue weighted by molar-refractivity contribution is 5.96. The van der Waals surface area contributed by atoms with E-state index in [9.17, 15) is 14.0 Å². The molecule has 0 saturated heterocycles. The molecule has 6 nitrogen and oxygen atoms in total. The van der Waals surface area contributed by atoms with E-state index in [4.69, 9.17) is 14.2 Å². The molecule has 0 amide bonds. The minimum atomic E-state index is -0.537. The molecule has 1 aliphatic carbocycles. The second-order valence-corrected chi connectivity index (χ2v) is 9.67. The van der Waals surface area contributed by atoms with Crippen molar-refractivity contribution in [1.29, 1.82) is 0 Å². The highest BCUT2D eigenvalue weighted by Gasteiger charge is 2.46. The number of allylic oxidation sites excluding steroid dienone is 3. The molecule has 2 atom stereocenters. The molecule has 2 unspecified atom stereocenters. The molecule has 1 N–H and O–H groups in total. The summed E-state index contributed by atoms with van der Waals surface area (Å²) in [5, 5.41) is 3.28. The van der Waals surface area contributed by atoms with Crippen molar-refractivity contribution in [2.75, 3.05) is 14.2 Å². The first-order valence-corrected chi connectivity index (χ1v) is 11.5. The summed E-state index contributed by atoms with van der Waals surface area (Å²) in [6, 6.07) is 11.6. The van der Waals surface area contributed by atoms with Crippen LogP contribution in [0.2, 0.25) is 0 Å². The van der Waals surface area contributed by atoms with Crippen LogP contribution in [0.4, 0.5) is 4.39 Å². The van der Waals surface area contributed by atoms with E-state index in [1.165, 1.54) is 26.4 Å². The van der Waals surface area contributed by atoms with Crippen molar-refractivity contribution in [1.82, 2.24) is 5.32 Å². The van der Waals surface area contributed by atoms with Gasteiger partial charge in [-0.25, -0.2) is 9.18 Å². The molecule has 2 aromatic carbocycles. The van der Waals surface area contributed by atoms with Crippen molar-refractivity contribution in [3.63, 3.8) is 0 Å². The number of nitrogens with one attached hydrogen (secondary N) is 1. The van der Waals surface area contributed by atoms with Crippen molar-refractivity contribution in [3.8, 4) is 11.5 Å². The predicted molar refractivity (Wildman–Crippen MR) is 129 cm³/mol. The summed E-state index contributed by atoms with van der Waals surface area (Å²) in [4.78, 5) is 26.2. The number of esters is 1. The van der Waals surface area contributed by atoms with Crippen molar-refractivity contribution in [2.45, 2.75) is 39.7 Å². The van der Waals surface area contributed by atoms with Crippen molar-refractivity contribution in [2.24, 2.45) is 11.3 Å². The molecule has 0 aromatic heterocycles. The van der Waals surface area contributed by atoms with Gasteiger partial charge in [-0.15, -0.1) is 0 Å². The molecule has 0 radical (unpaired) electrons. The average molecular weight is 480 g/mol. The molecular weight excluding hydrogens is 449 g/mol. The van der Waals surface area contributed by atoms with Gasteiger partial charge < -0.3 is 19.5 Å². The van der Waals surface area contributed by atoms with Gasteiger partial charge in [0.15, 0.2) is 11.5 Å². The van der Waals surface area contributed by atoms with Crippen LogP contribution in [0.15, 0.2) is 65.5 Å². The zero-order chi connectivity index (χ0) is 25.3. The predicted octanol–water partition coefficient (Wildman–Crippen LogP) is 5.05. The molecular formula is C28H30FNO5. The summed E-state index contributed by atoms with van der Waals surface area (Å²) in [6.07, 6.45) is 2.45. The molecule has 0 bridgehead atoms. The average Bonchev–Trinajstić information content (AvgIpc) is 2.80. The Hall–Kier alpha value is -3.61. The third kappa shape index (κ3) is 4.94. The van der Waals surface area contributed by atoms with E-state index in [-0.39, 0.29) is 23.6 Å². The second-order valence-electron chi connectivity index (χ2n) is 9.67.